The molecule has 0 aromatic carbocycles. The molecule has 94 valence electrons. The van der Waals surface area contributed by atoms with Gasteiger partial charge in [0.15, 0.2) is 5.78 Å². The molecule has 1 N–H and O–H groups in total. The maximum absolute atomic E-state index is 12.0. The van der Waals surface area contributed by atoms with E-state index >= 15 is 0 Å². The predicted octanol–water partition coefficient (Wildman–Crippen LogP) is 3.66. The van der Waals surface area contributed by atoms with Gasteiger partial charge >= 0.3 is 0 Å². The highest BCUT2D eigenvalue weighted by Crippen LogP contribution is 2.16. The second kappa shape index (κ2) is 7.05. The number of carbonyl (C=O) groups excluding carboxylic acids is 1. The van der Waals surface area contributed by atoms with E-state index < -0.39 is 0 Å². The highest BCUT2D eigenvalue weighted by Gasteiger charge is 2.12. The first-order chi connectivity index (χ1) is 8.19. The second-order valence-electron chi connectivity index (χ2n) is 4.38. The van der Waals surface area contributed by atoms with Crippen LogP contribution in [0.15, 0.2) is 18.3 Å². The van der Waals surface area contributed by atoms with E-state index in [1.807, 2.05) is 12.1 Å². The molecule has 1 heterocycles. The van der Waals surface area contributed by atoms with Crippen molar-refractivity contribution in [3.63, 3.8) is 0 Å². The van der Waals surface area contributed by atoms with Gasteiger partial charge in [-0.25, -0.2) is 4.98 Å². The van der Waals surface area contributed by atoms with Crippen LogP contribution in [0.3, 0.4) is 0 Å². The summed E-state index contributed by atoms with van der Waals surface area (Å²) < 4.78 is 0. The van der Waals surface area contributed by atoms with Crippen LogP contribution in [0, 0.1) is 0 Å². The molecule has 0 bridgehead atoms. The molecule has 1 aromatic rings. The van der Waals surface area contributed by atoms with Gasteiger partial charge in [-0.3, -0.25) is 4.79 Å². The molecule has 1 aromatic heterocycles. The molecule has 0 aliphatic rings. The Morgan fingerprint density at radius 3 is 2.88 bits per heavy atom. The summed E-state index contributed by atoms with van der Waals surface area (Å²) in [6, 6.07) is 4.01. The first-order valence-corrected chi connectivity index (χ1v) is 6.43. The van der Waals surface area contributed by atoms with Gasteiger partial charge in [0.25, 0.3) is 0 Å². The molecule has 0 saturated carbocycles. The fraction of sp³-hybridized carbons (Fsp3) is 0.571. The normalized spacial score (nSPS) is 12.2. The smallest absolute Gasteiger partial charge is 0.166 e. The fourth-order valence-corrected chi connectivity index (χ4v) is 1.55. The maximum Gasteiger partial charge on any atom is 0.166 e. The number of unbranched alkanes of at least 4 members (excludes halogenated alkanes) is 1. The van der Waals surface area contributed by atoms with Crippen LogP contribution < -0.4 is 5.32 Å². The number of rotatable bonds is 7. The first-order valence-electron chi connectivity index (χ1n) is 6.43. The molecular formula is C14H22N2O. The number of nitrogens with one attached hydrogen (secondary N) is 1. The Hall–Kier alpha value is -1.38. The number of carbonyl (C=O) groups is 1. The summed E-state index contributed by atoms with van der Waals surface area (Å²) in [6.45, 7) is 6.29. The summed E-state index contributed by atoms with van der Waals surface area (Å²) in [4.78, 5) is 16.3. The minimum atomic E-state index is 0.186. The van der Waals surface area contributed by atoms with Gasteiger partial charge in [-0.2, -0.15) is 0 Å². The summed E-state index contributed by atoms with van der Waals surface area (Å²) in [5.74, 6) is 0.911. The number of anilines is 1. The fourth-order valence-electron chi connectivity index (χ4n) is 1.55. The van der Waals surface area contributed by atoms with Gasteiger partial charge in [0, 0.05) is 18.7 Å². The molecule has 1 unspecified atom stereocenters. The highest BCUT2D eigenvalue weighted by molar-refractivity contribution is 6.00. The largest absolute Gasteiger partial charge is 0.367 e. The van der Waals surface area contributed by atoms with Crippen LogP contribution in [-0.4, -0.2) is 16.8 Å². The van der Waals surface area contributed by atoms with Gasteiger partial charge in [-0.1, -0.05) is 20.3 Å². The molecule has 3 nitrogen and oxygen atoms in total. The molecule has 0 aliphatic carbocycles. The van der Waals surface area contributed by atoms with Crippen molar-refractivity contribution in [3.8, 4) is 0 Å². The van der Waals surface area contributed by atoms with Crippen molar-refractivity contribution in [1.29, 1.82) is 0 Å². The SMILES string of the molecule is CCCCC(=O)c1cccnc1NC(C)CC. The number of hydrogen-bond donors (Lipinski definition) is 1. The van der Waals surface area contributed by atoms with Crippen LogP contribution in [0.4, 0.5) is 5.82 Å². The van der Waals surface area contributed by atoms with E-state index in [2.05, 4.69) is 31.1 Å². The van der Waals surface area contributed by atoms with Gasteiger partial charge in [0.05, 0.1) is 5.56 Å². The van der Waals surface area contributed by atoms with Gasteiger partial charge in [-0.15, -0.1) is 0 Å². The number of nitrogens with zero attached hydrogens (tertiary/aromatic N) is 1. The predicted molar refractivity (Wildman–Crippen MR) is 71.5 cm³/mol. The van der Waals surface area contributed by atoms with E-state index in [9.17, 15) is 4.79 Å². The third-order valence-electron chi connectivity index (χ3n) is 2.86. The third kappa shape index (κ3) is 4.17. The summed E-state index contributed by atoms with van der Waals surface area (Å²) in [6.07, 6.45) is 5.33. The second-order valence-corrected chi connectivity index (χ2v) is 4.38. The summed E-state index contributed by atoms with van der Waals surface area (Å²) in [5.41, 5.74) is 0.723. The number of pyridine rings is 1. The quantitative estimate of drug-likeness (QED) is 0.732. The minimum absolute atomic E-state index is 0.186. The Morgan fingerprint density at radius 1 is 1.47 bits per heavy atom. The standard InChI is InChI=1S/C14H22N2O/c1-4-6-9-13(17)12-8-7-10-15-14(12)16-11(3)5-2/h7-8,10-11H,4-6,9H2,1-3H3,(H,15,16). The topological polar surface area (TPSA) is 42.0 Å². The Balaban J connectivity index is 2.80. The lowest BCUT2D eigenvalue weighted by molar-refractivity contribution is 0.0980. The zero-order chi connectivity index (χ0) is 12.7. The van der Waals surface area contributed by atoms with Crippen LogP contribution in [0.5, 0.6) is 0 Å². The average Bonchev–Trinajstić information content (AvgIpc) is 2.36. The van der Waals surface area contributed by atoms with Crippen molar-refractivity contribution in [1.82, 2.24) is 4.98 Å². The van der Waals surface area contributed by atoms with Crippen LogP contribution in [0.1, 0.15) is 56.8 Å². The number of Topliss-reactive ketones (excluding diaryl/α,β-unsaturated/α-hetero) is 1. The summed E-state index contributed by atoms with van der Waals surface area (Å²) in [7, 11) is 0. The molecule has 1 atom stereocenters. The van der Waals surface area contributed by atoms with Crippen molar-refractivity contribution in [2.24, 2.45) is 0 Å². The van der Waals surface area contributed by atoms with Crippen LogP contribution in [0.25, 0.3) is 0 Å². The lowest BCUT2D eigenvalue weighted by atomic mass is 10.1. The highest BCUT2D eigenvalue weighted by atomic mass is 16.1. The first kappa shape index (κ1) is 13.7. The minimum Gasteiger partial charge on any atom is -0.367 e. The zero-order valence-corrected chi connectivity index (χ0v) is 11.0. The molecule has 0 amide bonds. The van der Waals surface area contributed by atoms with E-state index in [0.29, 0.717) is 12.5 Å². The molecule has 1 rings (SSSR count). The molecule has 0 aliphatic heterocycles. The molecule has 0 saturated heterocycles. The Bertz CT molecular complexity index is 363. The van der Waals surface area contributed by atoms with Crippen molar-refractivity contribution in [3.05, 3.63) is 23.9 Å². The van der Waals surface area contributed by atoms with Gasteiger partial charge in [0.1, 0.15) is 5.82 Å². The number of hydrogen-bond acceptors (Lipinski definition) is 3. The zero-order valence-electron chi connectivity index (χ0n) is 11.0. The third-order valence-corrected chi connectivity index (χ3v) is 2.86. The van der Waals surface area contributed by atoms with E-state index in [1.54, 1.807) is 6.20 Å². The summed E-state index contributed by atoms with van der Waals surface area (Å²) in [5, 5.41) is 3.29. The Morgan fingerprint density at radius 2 is 2.24 bits per heavy atom. The number of ketones is 1. The number of aromatic nitrogens is 1. The molecule has 3 heteroatoms. The van der Waals surface area contributed by atoms with Crippen LogP contribution in [-0.2, 0) is 0 Å². The van der Waals surface area contributed by atoms with E-state index in [4.69, 9.17) is 0 Å². The van der Waals surface area contributed by atoms with Crippen molar-refractivity contribution < 1.29 is 4.79 Å². The van der Waals surface area contributed by atoms with Crippen molar-refractivity contribution in [2.45, 2.75) is 52.5 Å². The van der Waals surface area contributed by atoms with E-state index in [1.165, 1.54) is 0 Å². The Labute approximate surface area is 104 Å². The molecule has 0 spiro atoms. The molecular weight excluding hydrogens is 212 g/mol. The van der Waals surface area contributed by atoms with Gasteiger partial charge in [-0.05, 0) is 31.9 Å². The molecule has 0 fully saturated rings. The van der Waals surface area contributed by atoms with Crippen LogP contribution >= 0.6 is 0 Å². The summed E-state index contributed by atoms with van der Waals surface area (Å²) >= 11 is 0. The van der Waals surface area contributed by atoms with Crippen molar-refractivity contribution in [2.75, 3.05) is 5.32 Å². The van der Waals surface area contributed by atoms with E-state index in [-0.39, 0.29) is 5.78 Å². The van der Waals surface area contributed by atoms with E-state index in [0.717, 1.165) is 30.6 Å². The van der Waals surface area contributed by atoms with Crippen molar-refractivity contribution >= 4 is 11.6 Å². The molecule has 0 radical (unpaired) electrons. The lowest BCUT2D eigenvalue weighted by Gasteiger charge is -2.14. The monoisotopic (exact) mass is 234 g/mol. The maximum atomic E-state index is 12.0. The van der Waals surface area contributed by atoms with Crippen LogP contribution in [0.2, 0.25) is 0 Å². The van der Waals surface area contributed by atoms with Gasteiger partial charge in [0.2, 0.25) is 0 Å². The molecule has 17 heavy (non-hydrogen) atoms. The van der Waals surface area contributed by atoms with Gasteiger partial charge < -0.3 is 5.32 Å². The average molecular weight is 234 g/mol. The Kier molecular flexibility index (Phi) is 5.67. The lowest BCUT2D eigenvalue weighted by Crippen LogP contribution is -2.17.